The molecule has 0 spiro atoms. The predicted molar refractivity (Wildman–Crippen MR) is 72.4 cm³/mol. The molecule has 1 aromatic rings. The molecule has 98 valence electrons. The van der Waals surface area contributed by atoms with Gasteiger partial charge in [0.15, 0.2) is 0 Å². The molecule has 0 radical (unpaired) electrons. The van der Waals surface area contributed by atoms with E-state index in [1.807, 2.05) is 31.0 Å². The van der Waals surface area contributed by atoms with Gasteiger partial charge in [0.25, 0.3) is 0 Å². The van der Waals surface area contributed by atoms with Gasteiger partial charge < -0.3 is 10.2 Å². The van der Waals surface area contributed by atoms with Crippen LogP contribution in [0, 0.1) is 28.6 Å². The van der Waals surface area contributed by atoms with E-state index in [1.165, 1.54) is 0 Å². The van der Waals surface area contributed by atoms with Crippen LogP contribution in [0.1, 0.15) is 18.1 Å². The van der Waals surface area contributed by atoms with Crippen molar-refractivity contribution in [2.45, 2.75) is 6.92 Å². The number of hydrogen-bond donors (Lipinski definition) is 1. The number of carbonyl (C=O) groups excluding carboxylic acids is 1. The van der Waals surface area contributed by atoms with Crippen LogP contribution in [0.4, 0.5) is 5.69 Å². The largest absolute Gasteiger partial charge is 0.374 e. The monoisotopic (exact) mass is 256 g/mol. The SMILES string of the molecule is CNC(=O)[C@H](C)CN(C)c1ccc(C#N)c(C#N)c1. The summed E-state index contributed by atoms with van der Waals surface area (Å²) in [6.07, 6.45) is 0. The van der Waals surface area contributed by atoms with Crippen LogP contribution in [-0.2, 0) is 4.79 Å². The van der Waals surface area contributed by atoms with Crippen molar-refractivity contribution < 1.29 is 4.79 Å². The molecule has 0 bridgehead atoms. The highest BCUT2D eigenvalue weighted by atomic mass is 16.1. The topological polar surface area (TPSA) is 79.9 Å². The van der Waals surface area contributed by atoms with Gasteiger partial charge in [0.05, 0.1) is 17.0 Å². The fourth-order valence-corrected chi connectivity index (χ4v) is 1.81. The maximum atomic E-state index is 11.5. The molecule has 0 unspecified atom stereocenters. The van der Waals surface area contributed by atoms with Gasteiger partial charge in [-0.1, -0.05) is 6.92 Å². The number of amides is 1. The van der Waals surface area contributed by atoms with Crippen molar-refractivity contribution in [3.8, 4) is 12.1 Å². The first kappa shape index (κ1) is 14.5. The Morgan fingerprint density at radius 3 is 2.53 bits per heavy atom. The van der Waals surface area contributed by atoms with Crippen molar-refractivity contribution in [3.63, 3.8) is 0 Å². The Kier molecular flexibility index (Phi) is 4.91. The summed E-state index contributed by atoms with van der Waals surface area (Å²) < 4.78 is 0. The van der Waals surface area contributed by atoms with Crippen molar-refractivity contribution >= 4 is 11.6 Å². The minimum atomic E-state index is -0.156. The summed E-state index contributed by atoms with van der Waals surface area (Å²) >= 11 is 0. The van der Waals surface area contributed by atoms with Crippen LogP contribution in [0.15, 0.2) is 18.2 Å². The molecule has 0 aliphatic rings. The molecule has 5 heteroatoms. The lowest BCUT2D eigenvalue weighted by Gasteiger charge is -2.23. The van der Waals surface area contributed by atoms with Crippen LogP contribution in [0.3, 0.4) is 0 Å². The van der Waals surface area contributed by atoms with Crippen molar-refractivity contribution in [2.24, 2.45) is 5.92 Å². The highest BCUT2D eigenvalue weighted by molar-refractivity contribution is 5.78. The van der Waals surface area contributed by atoms with E-state index in [1.54, 1.807) is 25.2 Å². The Morgan fingerprint density at radius 1 is 1.37 bits per heavy atom. The van der Waals surface area contributed by atoms with Crippen LogP contribution in [0.2, 0.25) is 0 Å². The zero-order valence-corrected chi connectivity index (χ0v) is 11.3. The summed E-state index contributed by atoms with van der Waals surface area (Å²) in [5, 5.41) is 20.4. The molecular formula is C14H16N4O. The average Bonchev–Trinajstić information content (AvgIpc) is 2.45. The third kappa shape index (κ3) is 3.46. The predicted octanol–water partition coefficient (Wildman–Crippen LogP) is 1.25. The smallest absolute Gasteiger partial charge is 0.224 e. The summed E-state index contributed by atoms with van der Waals surface area (Å²) in [5.41, 5.74) is 1.52. The lowest BCUT2D eigenvalue weighted by atomic mass is 10.1. The molecule has 0 saturated carbocycles. The van der Waals surface area contributed by atoms with Gasteiger partial charge in [-0.15, -0.1) is 0 Å². The van der Waals surface area contributed by atoms with E-state index in [0.29, 0.717) is 17.7 Å². The first-order valence-corrected chi connectivity index (χ1v) is 5.90. The minimum absolute atomic E-state index is 0.0269. The molecule has 0 heterocycles. The standard InChI is InChI=1S/C14H16N4O/c1-10(14(19)17-2)9-18(3)13-5-4-11(7-15)12(6-13)8-16/h4-6,10H,9H2,1-3H3,(H,17,19)/t10-/m1/s1. The zero-order valence-electron chi connectivity index (χ0n) is 11.3. The van der Waals surface area contributed by atoms with Crippen molar-refractivity contribution in [1.29, 1.82) is 10.5 Å². The first-order chi connectivity index (χ1) is 9.03. The molecular weight excluding hydrogens is 240 g/mol. The second-order valence-electron chi connectivity index (χ2n) is 4.35. The van der Waals surface area contributed by atoms with Gasteiger partial charge in [0, 0.05) is 26.3 Å². The molecule has 0 fully saturated rings. The summed E-state index contributed by atoms with van der Waals surface area (Å²) in [4.78, 5) is 13.4. The van der Waals surface area contributed by atoms with Gasteiger partial charge in [0.1, 0.15) is 12.1 Å². The normalized spacial score (nSPS) is 11.0. The first-order valence-electron chi connectivity index (χ1n) is 5.90. The van der Waals surface area contributed by atoms with Crippen LogP contribution in [-0.4, -0.2) is 26.5 Å². The second-order valence-corrected chi connectivity index (χ2v) is 4.35. The highest BCUT2D eigenvalue weighted by Gasteiger charge is 2.14. The number of rotatable bonds is 4. The molecule has 0 aliphatic heterocycles. The van der Waals surface area contributed by atoms with E-state index in [9.17, 15) is 4.79 Å². The fourth-order valence-electron chi connectivity index (χ4n) is 1.81. The Morgan fingerprint density at radius 2 is 2.00 bits per heavy atom. The third-order valence-electron chi connectivity index (χ3n) is 2.93. The maximum absolute atomic E-state index is 11.5. The van der Waals surface area contributed by atoms with Gasteiger partial charge >= 0.3 is 0 Å². The van der Waals surface area contributed by atoms with E-state index in [0.717, 1.165) is 5.69 Å². The van der Waals surface area contributed by atoms with Crippen LogP contribution >= 0.6 is 0 Å². The van der Waals surface area contributed by atoms with Crippen LogP contribution in [0.5, 0.6) is 0 Å². The van der Waals surface area contributed by atoms with Crippen LogP contribution < -0.4 is 10.2 Å². The Balaban J connectivity index is 2.90. The van der Waals surface area contributed by atoms with E-state index < -0.39 is 0 Å². The van der Waals surface area contributed by atoms with Crippen molar-refractivity contribution in [1.82, 2.24) is 5.32 Å². The van der Waals surface area contributed by atoms with E-state index >= 15 is 0 Å². The summed E-state index contributed by atoms with van der Waals surface area (Å²) in [6.45, 7) is 2.38. The average molecular weight is 256 g/mol. The lowest BCUT2D eigenvalue weighted by molar-refractivity contribution is -0.123. The number of nitriles is 2. The molecule has 1 rings (SSSR count). The third-order valence-corrected chi connectivity index (χ3v) is 2.93. The van der Waals surface area contributed by atoms with Crippen molar-refractivity contribution in [3.05, 3.63) is 29.3 Å². The number of carbonyl (C=O) groups is 1. The molecule has 0 saturated heterocycles. The molecule has 0 aliphatic carbocycles. The quantitative estimate of drug-likeness (QED) is 0.879. The lowest BCUT2D eigenvalue weighted by Crippen LogP contribution is -2.34. The molecule has 1 amide bonds. The molecule has 5 nitrogen and oxygen atoms in total. The molecule has 1 aromatic carbocycles. The van der Waals surface area contributed by atoms with Gasteiger partial charge in [-0.3, -0.25) is 4.79 Å². The molecule has 19 heavy (non-hydrogen) atoms. The molecule has 1 N–H and O–H groups in total. The van der Waals surface area contributed by atoms with E-state index in [2.05, 4.69) is 5.32 Å². The minimum Gasteiger partial charge on any atom is -0.374 e. The van der Waals surface area contributed by atoms with Crippen LogP contribution in [0.25, 0.3) is 0 Å². The number of hydrogen-bond acceptors (Lipinski definition) is 4. The van der Waals surface area contributed by atoms with Crippen molar-refractivity contribution in [2.75, 3.05) is 25.5 Å². The maximum Gasteiger partial charge on any atom is 0.224 e. The van der Waals surface area contributed by atoms with Gasteiger partial charge in [-0.2, -0.15) is 10.5 Å². The number of nitrogens with zero attached hydrogens (tertiary/aromatic N) is 3. The van der Waals surface area contributed by atoms with Gasteiger partial charge in [-0.05, 0) is 18.2 Å². The molecule has 1 atom stereocenters. The van der Waals surface area contributed by atoms with E-state index in [-0.39, 0.29) is 11.8 Å². The van der Waals surface area contributed by atoms with Gasteiger partial charge in [-0.25, -0.2) is 0 Å². The Hall–Kier alpha value is -2.53. The van der Waals surface area contributed by atoms with E-state index in [4.69, 9.17) is 10.5 Å². The van der Waals surface area contributed by atoms with Gasteiger partial charge in [0.2, 0.25) is 5.91 Å². The Bertz CT molecular complexity index is 554. The second kappa shape index (κ2) is 6.42. The zero-order chi connectivity index (χ0) is 14.4. The fraction of sp³-hybridized carbons (Fsp3) is 0.357. The number of nitrogens with one attached hydrogen (secondary N) is 1. The Labute approximate surface area is 113 Å². The summed E-state index contributed by atoms with van der Waals surface area (Å²) in [7, 11) is 3.45. The summed E-state index contributed by atoms with van der Waals surface area (Å²) in [6, 6.07) is 9.03. The highest BCUT2D eigenvalue weighted by Crippen LogP contribution is 2.18. The number of benzene rings is 1. The summed E-state index contributed by atoms with van der Waals surface area (Å²) in [5.74, 6) is -0.183. The number of anilines is 1. The molecule has 0 aromatic heterocycles.